The van der Waals surface area contributed by atoms with Crippen LogP contribution in [0.3, 0.4) is 0 Å². The van der Waals surface area contributed by atoms with Gasteiger partial charge in [-0.1, -0.05) is 35.9 Å². The first-order valence-corrected chi connectivity index (χ1v) is 8.10. The molecule has 23 heavy (non-hydrogen) atoms. The molecular formula is C16H14F3NO2S. The van der Waals surface area contributed by atoms with Crippen molar-refractivity contribution in [1.29, 1.82) is 0 Å². The van der Waals surface area contributed by atoms with E-state index in [1.165, 1.54) is 37.3 Å². The molecular weight excluding hydrogens is 327 g/mol. The molecule has 0 N–H and O–H groups in total. The van der Waals surface area contributed by atoms with Gasteiger partial charge in [0.05, 0.1) is 16.2 Å². The van der Waals surface area contributed by atoms with Crippen molar-refractivity contribution in [1.82, 2.24) is 0 Å². The van der Waals surface area contributed by atoms with E-state index in [1.807, 2.05) is 0 Å². The largest absolute Gasteiger partial charge is 0.417 e. The Balaban J connectivity index is 2.50. The lowest BCUT2D eigenvalue weighted by molar-refractivity contribution is -0.137. The van der Waals surface area contributed by atoms with Crippen molar-refractivity contribution in [3.63, 3.8) is 0 Å². The van der Waals surface area contributed by atoms with Gasteiger partial charge in [0.1, 0.15) is 0 Å². The number of hydrogen-bond donors (Lipinski definition) is 0. The zero-order chi connectivity index (χ0) is 17.3. The predicted octanol–water partition coefficient (Wildman–Crippen LogP) is 4.21. The van der Waals surface area contributed by atoms with Gasteiger partial charge in [0.15, 0.2) is 0 Å². The van der Waals surface area contributed by atoms with E-state index in [0.717, 1.165) is 11.6 Å². The summed E-state index contributed by atoms with van der Waals surface area (Å²) in [7, 11) is -4.07. The summed E-state index contributed by atoms with van der Waals surface area (Å²) in [5, 5.41) is 0. The van der Waals surface area contributed by atoms with E-state index in [1.54, 1.807) is 19.1 Å². The molecule has 2 aromatic rings. The summed E-state index contributed by atoms with van der Waals surface area (Å²) >= 11 is 0. The van der Waals surface area contributed by atoms with Crippen molar-refractivity contribution in [3.05, 3.63) is 65.2 Å². The van der Waals surface area contributed by atoms with Crippen molar-refractivity contribution in [3.8, 4) is 0 Å². The summed E-state index contributed by atoms with van der Waals surface area (Å²) in [6.07, 6.45) is -4.58. The predicted molar refractivity (Wildman–Crippen MR) is 82.0 cm³/mol. The highest BCUT2D eigenvalue weighted by atomic mass is 32.2. The van der Waals surface area contributed by atoms with Crippen LogP contribution in [0, 0.1) is 6.92 Å². The van der Waals surface area contributed by atoms with E-state index >= 15 is 0 Å². The highest BCUT2D eigenvalue weighted by Crippen LogP contribution is 2.32. The van der Waals surface area contributed by atoms with E-state index in [4.69, 9.17) is 0 Å². The molecule has 0 unspecified atom stereocenters. The SMILES string of the molecule is CC(=NS(=O)(=O)c1ccc(C)cc1)c1ccccc1C(F)(F)F. The molecule has 0 saturated heterocycles. The Morgan fingerprint density at radius 3 is 2.13 bits per heavy atom. The molecule has 0 amide bonds. The molecule has 3 nitrogen and oxygen atoms in total. The van der Waals surface area contributed by atoms with Crippen molar-refractivity contribution >= 4 is 15.7 Å². The van der Waals surface area contributed by atoms with Gasteiger partial charge in [-0.05, 0) is 32.0 Å². The molecule has 0 aliphatic heterocycles. The van der Waals surface area contributed by atoms with Crippen molar-refractivity contribution in [2.24, 2.45) is 4.40 Å². The first-order chi connectivity index (χ1) is 10.6. The smallest absolute Gasteiger partial charge is 0.199 e. The quantitative estimate of drug-likeness (QED) is 0.785. The molecule has 0 aliphatic carbocycles. The van der Waals surface area contributed by atoms with Crippen LogP contribution in [0.15, 0.2) is 57.8 Å². The Morgan fingerprint density at radius 1 is 1.00 bits per heavy atom. The second-order valence-electron chi connectivity index (χ2n) is 5.01. The topological polar surface area (TPSA) is 46.5 Å². The lowest BCUT2D eigenvalue weighted by Gasteiger charge is -2.12. The van der Waals surface area contributed by atoms with E-state index in [-0.39, 0.29) is 16.2 Å². The van der Waals surface area contributed by atoms with E-state index < -0.39 is 21.8 Å². The average molecular weight is 341 g/mol. The minimum Gasteiger partial charge on any atom is -0.199 e. The fraction of sp³-hybridized carbons (Fsp3) is 0.188. The van der Waals surface area contributed by atoms with Gasteiger partial charge >= 0.3 is 6.18 Å². The average Bonchev–Trinajstić information content (AvgIpc) is 2.46. The van der Waals surface area contributed by atoms with Crippen molar-refractivity contribution < 1.29 is 21.6 Å². The number of rotatable bonds is 3. The summed E-state index contributed by atoms with van der Waals surface area (Å²) < 4.78 is 67.0. The third-order valence-electron chi connectivity index (χ3n) is 3.20. The molecule has 0 atom stereocenters. The van der Waals surface area contributed by atoms with Crippen LogP contribution in [0.1, 0.15) is 23.6 Å². The maximum atomic E-state index is 13.0. The zero-order valence-electron chi connectivity index (χ0n) is 12.4. The number of alkyl halides is 3. The zero-order valence-corrected chi connectivity index (χ0v) is 13.2. The molecule has 0 aliphatic rings. The fourth-order valence-electron chi connectivity index (χ4n) is 2.04. The summed E-state index contributed by atoms with van der Waals surface area (Å²) in [6, 6.07) is 10.7. The van der Waals surface area contributed by atoms with Gasteiger partial charge in [-0.25, -0.2) is 0 Å². The van der Waals surface area contributed by atoms with Gasteiger partial charge in [-0.3, -0.25) is 0 Å². The van der Waals surface area contributed by atoms with Crippen molar-refractivity contribution in [2.75, 3.05) is 0 Å². The normalized spacial score (nSPS) is 13.2. The van der Waals surface area contributed by atoms with Crippen molar-refractivity contribution in [2.45, 2.75) is 24.9 Å². The Morgan fingerprint density at radius 2 is 1.57 bits per heavy atom. The molecule has 7 heteroatoms. The first-order valence-electron chi connectivity index (χ1n) is 6.66. The second-order valence-corrected chi connectivity index (χ2v) is 6.61. The van der Waals surface area contributed by atoms with Gasteiger partial charge in [-0.15, -0.1) is 0 Å². The van der Waals surface area contributed by atoms with Gasteiger partial charge in [-0.2, -0.15) is 26.0 Å². The maximum Gasteiger partial charge on any atom is 0.417 e. The number of halogens is 3. The van der Waals surface area contributed by atoms with Gasteiger partial charge in [0.2, 0.25) is 0 Å². The lowest BCUT2D eigenvalue weighted by Crippen LogP contribution is -2.13. The van der Waals surface area contributed by atoms with E-state index in [0.29, 0.717) is 0 Å². The Kier molecular flexibility index (Phi) is 4.61. The van der Waals surface area contributed by atoms with E-state index in [9.17, 15) is 21.6 Å². The van der Waals surface area contributed by atoms with Gasteiger partial charge in [0, 0.05) is 5.56 Å². The third kappa shape index (κ3) is 3.98. The summed E-state index contributed by atoms with van der Waals surface area (Å²) in [5.41, 5.74) is -0.512. The van der Waals surface area contributed by atoms with Crippen LogP contribution in [0.25, 0.3) is 0 Å². The number of nitrogens with zero attached hydrogens (tertiary/aromatic N) is 1. The lowest BCUT2D eigenvalue weighted by atomic mass is 10.0. The number of sulfonamides is 1. The molecule has 2 aromatic carbocycles. The molecule has 0 spiro atoms. The number of aryl methyl sites for hydroxylation is 1. The molecule has 0 fully saturated rings. The van der Waals surface area contributed by atoms with Crippen LogP contribution in [0.2, 0.25) is 0 Å². The summed E-state index contributed by atoms with van der Waals surface area (Å²) in [5.74, 6) is 0. The molecule has 0 saturated carbocycles. The highest BCUT2D eigenvalue weighted by molar-refractivity contribution is 7.90. The number of hydrogen-bond acceptors (Lipinski definition) is 2. The monoisotopic (exact) mass is 341 g/mol. The molecule has 0 bridgehead atoms. The first kappa shape index (κ1) is 17.2. The van der Waals surface area contributed by atoms with Gasteiger partial charge in [0.25, 0.3) is 10.0 Å². The van der Waals surface area contributed by atoms with Crippen LogP contribution in [0.5, 0.6) is 0 Å². The minimum atomic E-state index is -4.58. The maximum absolute atomic E-state index is 13.0. The molecule has 2 rings (SSSR count). The van der Waals surface area contributed by atoms with E-state index in [2.05, 4.69) is 4.40 Å². The molecule has 122 valence electrons. The molecule has 0 radical (unpaired) electrons. The molecule has 0 heterocycles. The minimum absolute atomic E-state index is 0.0630. The summed E-state index contributed by atoms with van der Waals surface area (Å²) in [6.45, 7) is 3.04. The Bertz CT molecular complexity index is 838. The van der Waals surface area contributed by atoms with Crippen LogP contribution in [0.4, 0.5) is 13.2 Å². The Hall–Kier alpha value is -2.15. The summed E-state index contributed by atoms with van der Waals surface area (Å²) in [4.78, 5) is -0.0630. The van der Waals surface area contributed by atoms with Crippen LogP contribution >= 0.6 is 0 Å². The number of benzene rings is 2. The highest BCUT2D eigenvalue weighted by Gasteiger charge is 2.33. The van der Waals surface area contributed by atoms with Gasteiger partial charge < -0.3 is 0 Å². The second kappa shape index (κ2) is 6.16. The fourth-order valence-corrected chi connectivity index (χ4v) is 3.08. The van der Waals surface area contributed by atoms with Crippen LogP contribution in [-0.2, 0) is 16.2 Å². The standard InChI is InChI=1S/C16H14F3NO2S/c1-11-7-9-13(10-8-11)23(21,22)20-12(2)14-5-3-4-6-15(14)16(17,18)19/h3-10H,1-2H3. The van der Waals surface area contributed by atoms with Crippen LogP contribution < -0.4 is 0 Å². The molecule has 0 aromatic heterocycles. The Labute approximate surface area is 132 Å². The van der Waals surface area contributed by atoms with Crippen LogP contribution in [-0.4, -0.2) is 14.1 Å². The third-order valence-corrected chi connectivity index (χ3v) is 4.58.